The summed E-state index contributed by atoms with van der Waals surface area (Å²) in [6.07, 6.45) is 2.90. The summed E-state index contributed by atoms with van der Waals surface area (Å²) >= 11 is 6.10. The monoisotopic (exact) mass is 251 g/mol. The Labute approximate surface area is 108 Å². The molecule has 3 heteroatoms. The van der Waals surface area contributed by atoms with Crippen LogP contribution in [0, 0.1) is 0 Å². The highest BCUT2D eigenvalue weighted by atomic mass is 35.5. The Kier molecular flexibility index (Phi) is 3.72. The van der Waals surface area contributed by atoms with Gasteiger partial charge >= 0.3 is 0 Å². The summed E-state index contributed by atoms with van der Waals surface area (Å²) in [5.41, 5.74) is 1.16. The molecule has 0 radical (unpaired) electrons. The van der Waals surface area contributed by atoms with Gasteiger partial charge in [-0.15, -0.1) is 0 Å². The first kappa shape index (κ1) is 12.4. The Hall–Kier alpha value is -1.02. The summed E-state index contributed by atoms with van der Waals surface area (Å²) in [5.74, 6) is 0.891. The van der Waals surface area contributed by atoms with Crippen molar-refractivity contribution < 1.29 is 4.74 Å². The fourth-order valence-corrected chi connectivity index (χ4v) is 2.15. The van der Waals surface area contributed by atoms with Crippen LogP contribution in [0.3, 0.4) is 0 Å². The van der Waals surface area contributed by atoms with Gasteiger partial charge < -0.3 is 4.74 Å². The van der Waals surface area contributed by atoms with Gasteiger partial charge in [-0.2, -0.15) is 0 Å². The lowest BCUT2D eigenvalue weighted by molar-refractivity contribution is 0.273. The smallest absolute Gasteiger partial charge is 0.183 e. The van der Waals surface area contributed by atoms with E-state index in [0.29, 0.717) is 6.61 Å². The SMILES string of the molecule is CC1(C)COC(CCCc2ccccc2Cl)=N1. The molecule has 0 amide bonds. The van der Waals surface area contributed by atoms with Crippen molar-refractivity contribution in [1.82, 2.24) is 0 Å². The zero-order valence-corrected chi connectivity index (χ0v) is 11.1. The van der Waals surface area contributed by atoms with E-state index in [-0.39, 0.29) is 5.54 Å². The van der Waals surface area contributed by atoms with Gasteiger partial charge in [0.2, 0.25) is 0 Å². The van der Waals surface area contributed by atoms with Crippen molar-refractivity contribution >= 4 is 17.5 Å². The zero-order chi connectivity index (χ0) is 12.3. The fourth-order valence-electron chi connectivity index (χ4n) is 1.92. The number of halogens is 1. The topological polar surface area (TPSA) is 21.6 Å². The Balaban J connectivity index is 1.83. The molecule has 0 aliphatic carbocycles. The predicted molar refractivity (Wildman–Crippen MR) is 71.9 cm³/mol. The number of rotatable bonds is 4. The molecule has 0 spiro atoms. The zero-order valence-electron chi connectivity index (χ0n) is 10.4. The van der Waals surface area contributed by atoms with Crippen molar-refractivity contribution in [3.05, 3.63) is 34.9 Å². The highest BCUT2D eigenvalue weighted by Crippen LogP contribution is 2.21. The van der Waals surface area contributed by atoms with Crippen LogP contribution in [0.25, 0.3) is 0 Å². The molecule has 1 aromatic carbocycles. The summed E-state index contributed by atoms with van der Waals surface area (Å²) in [6, 6.07) is 7.99. The first-order chi connectivity index (χ1) is 8.07. The molecular formula is C14H18ClNO. The third kappa shape index (κ3) is 3.47. The molecule has 0 aromatic heterocycles. The molecule has 17 heavy (non-hydrogen) atoms. The minimum Gasteiger partial charge on any atom is -0.478 e. The summed E-state index contributed by atoms with van der Waals surface area (Å²) < 4.78 is 5.55. The van der Waals surface area contributed by atoms with E-state index in [4.69, 9.17) is 16.3 Å². The molecule has 2 nitrogen and oxygen atoms in total. The standard InChI is InChI=1S/C14H18ClNO/c1-14(2)10-17-13(16-14)9-5-7-11-6-3-4-8-12(11)15/h3-4,6,8H,5,7,9-10H2,1-2H3. The minimum absolute atomic E-state index is 0.0419. The van der Waals surface area contributed by atoms with Gasteiger partial charge in [0.05, 0.1) is 5.54 Å². The largest absolute Gasteiger partial charge is 0.478 e. The van der Waals surface area contributed by atoms with Gasteiger partial charge in [-0.3, -0.25) is 0 Å². The van der Waals surface area contributed by atoms with Crippen LogP contribution in [0.1, 0.15) is 32.3 Å². The summed E-state index contributed by atoms with van der Waals surface area (Å²) in [4.78, 5) is 4.54. The first-order valence-electron chi connectivity index (χ1n) is 6.02. The minimum atomic E-state index is -0.0419. The molecule has 1 aliphatic rings. The maximum absolute atomic E-state index is 6.10. The molecule has 0 N–H and O–H groups in total. The first-order valence-corrected chi connectivity index (χ1v) is 6.39. The van der Waals surface area contributed by atoms with Crippen molar-refractivity contribution in [3.8, 4) is 0 Å². The van der Waals surface area contributed by atoms with Crippen molar-refractivity contribution in [1.29, 1.82) is 0 Å². The van der Waals surface area contributed by atoms with E-state index in [0.717, 1.165) is 30.2 Å². The van der Waals surface area contributed by atoms with E-state index in [9.17, 15) is 0 Å². The van der Waals surface area contributed by atoms with Crippen LogP contribution in [0.2, 0.25) is 5.02 Å². The fraction of sp³-hybridized carbons (Fsp3) is 0.500. The number of aryl methyl sites for hydroxylation is 1. The molecule has 0 saturated carbocycles. The number of nitrogens with zero attached hydrogens (tertiary/aromatic N) is 1. The Morgan fingerprint density at radius 2 is 2.06 bits per heavy atom. The van der Waals surface area contributed by atoms with Crippen LogP contribution in [-0.2, 0) is 11.2 Å². The molecule has 92 valence electrons. The van der Waals surface area contributed by atoms with Gasteiger partial charge in [-0.25, -0.2) is 4.99 Å². The van der Waals surface area contributed by atoms with Crippen molar-refractivity contribution in [3.63, 3.8) is 0 Å². The van der Waals surface area contributed by atoms with E-state index < -0.39 is 0 Å². The molecule has 0 fully saturated rings. The molecule has 1 aromatic rings. The van der Waals surface area contributed by atoms with Crippen LogP contribution >= 0.6 is 11.6 Å². The molecule has 0 atom stereocenters. The highest BCUT2D eigenvalue weighted by Gasteiger charge is 2.25. The van der Waals surface area contributed by atoms with Gasteiger partial charge in [-0.1, -0.05) is 29.8 Å². The van der Waals surface area contributed by atoms with Crippen LogP contribution in [0.5, 0.6) is 0 Å². The molecule has 0 bridgehead atoms. The predicted octanol–water partition coefficient (Wildman–Crippen LogP) is 3.87. The second-order valence-corrected chi connectivity index (χ2v) is 5.46. The summed E-state index contributed by atoms with van der Waals surface area (Å²) in [7, 11) is 0. The lowest BCUT2D eigenvalue weighted by Gasteiger charge is -2.07. The lowest BCUT2D eigenvalue weighted by Crippen LogP contribution is -2.17. The van der Waals surface area contributed by atoms with Crippen LogP contribution in [-0.4, -0.2) is 18.0 Å². The van der Waals surface area contributed by atoms with Gasteiger partial charge in [0.15, 0.2) is 5.90 Å². The quantitative estimate of drug-likeness (QED) is 0.796. The Morgan fingerprint density at radius 3 is 2.71 bits per heavy atom. The van der Waals surface area contributed by atoms with E-state index >= 15 is 0 Å². The van der Waals surface area contributed by atoms with E-state index in [2.05, 4.69) is 24.9 Å². The summed E-state index contributed by atoms with van der Waals surface area (Å²) in [6.45, 7) is 4.89. The third-order valence-corrected chi connectivity index (χ3v) is 3.18. The van der Waals surface area contributed by atoms with E-state index in [1.807, 2.05) is 18.2 Å². The second kappa shape index (κ2) is 5.09. The maximum Gasteiger partial charge on any atom is 0.183 e. The number of hydrogen-bond donors (Lipinski definition) is 0. The normalized spacial score (nSPS) is 17.7. The second-order valence-electron chi connectivity index (χ2n) is 5.05. The van der Waals surface area contributed by atoms with Crippen LogP contribution in [0.15, 0.2) is 29.3 Å². The Bertz CT molecular complexity index is 426. The summed E-state index contributed by atoms with van der Waals surface area (Å²) in [5, 5.41) is 0.849. The molecule has 0 unspecified atom stereocenters. The molecular weight excluding hydrogens is 234 g/mol. The molecule has 0 saturated heterocycles. The number of ether oxygens (including phenoxy) is 1. The van der Waals surface area contributed by atoms with Gasteiger partial charge in [0.25, 0.3) is 0 Å². The van der Waals surface area contributed by atoms with Crippen molar-refractivity contribution in [2.45, 2.75) is 38.6 Å². The lowest BCUT2D eigenvalue weighted by atomic mass is 10.1. The molecule has 1 heterocycles. The maximum atomic E-state index is 6.10. The van der Waals surface area contributed by atoms with Crippen molar-refractivity contribution in [2.24, 2.45) is 4.99 Å². The average Bonchev–Trinajstić information content (AvgIpc) is 2.61. The van der Waals surface area contributed by atoms with Crippen molar-refractivity contribution in [2.75, 3.05) is 6.61 Å². The highest BCUT2D eigenvalue weighted by molar-refractivity contribution is 6.31. The number of benzene rings is 1. The van der Waals surface area contributed by atoms with Gasteiger partial charge in [0.1, 0.15) is 6.61 Å². The van der Waals surface area contributed by atoms with Crippen LogP contribution in [0.4, 0.5) is 0 Å². The molecule has 2 rings (SSSR count). The number of aliphatic imine (C=N–C) groups is 1. The van der Waals surface area contributed by atoms with E-state index in [1.165, 1.54) is 5.56 Å². The van der Waals surface area contributed by atoms with E-state index in [1.54, 1.807) is 0 Å². The Morgan fingerprint density at radius 1 is 1.29 bits per heavy atom. The van der Waals surface area contributed by atoms with Gasteiger partial charge in [-0.05, 0) is 38.3 Å². The van der Waals surface area contributed by atoms with Crippen LogP contribution < -0.4 is 0 Å². The third-order valence-electron chi connectivity index (χ3n) is 2.81. The average molecular weight is 252 g/mol. The molecule has 1 aliphatic heterocycles. The number of hydrogen-bond acceptors (Lipinski definition) is 2. The van der Waals surface area contributed by atoms with Gasteiger partial charge in [0, 0.05) is 11.4 Å².